The summed E-state index contributed by atoms with van der Waals surface area (Å²) in [5.41, 5.74) is -0.514. The van der Waals surface area contributed by atoms with E-state index in [0.717, 1.165) is 6.42 Å². The fourth-order valence-corrected chi connectivity index (χ4v) is 0.993. The van der Waals surface area contributed by atoms with E-state index in [2.05, 4.69) is 0 Å². The number of amides is 1. The van der Waals surface area contributed by atoms with Crippen LogP contribution in [0.2, 0.25) is 0 Å². The topological polar surface area (TPSA) is 29.5 Å². The first-order valence-corrected chi connectivity index (χ1v) is 4.94. The molecule has 0 aliphatic rings. The van der Waals surface area contributed by atoms with Gasteiger partial charge in [-0.2, -0.15) is 0 Å². The quantitative estimate of drug-likeness (QED) is 0.706. The summed E-state index contributed by atoms with van der Waals surface area (Å²) < 4.78 is 17.2. The average molecular weight is 205 g/mol. The number of rotatable bonds is 4. The van der Waals surface area contributed by atoms with Gasteiger partial charge < -0.3 is 9.64 Å². The molecular weight excluding hydrogens is 185 g/mol. The van der Waals surface area contributed by atoms with Gasteiger partial charge in [0.25, 0.3) is 0 Å². The molecule has 0 saturated carbocycles. The summed E-state index contributed by atoms with van der Waals surface area (Å²) in [4.78, 5) is 12.9. The summed E-state index contributed by atoms with van der Waals surface area (Å²) in [6, 6.07) is 0. The van der Waals surface area contributed by atoms with Crippen LogP contribution in [0.5, 0.6) is 0 Å². The van der Waals surface area contributed by atoms with Crippen molar-refractivity contribution in [2.75, 3.05) is 19.8 Å². The minimum atomic E-state index is -0.529. The summed E-state index contributed by atoms with van der Waals surface area (Å²) in [5, 5.41) is 0. The molecule has 0 N–H and O–H groups in total. The molecule has 0 fully saturated rings. The molecule has 1 amide bonds. The van der Waals surface area contributed by atoms with E-state index in [9.17, 15) is 9.18 Å². The Labute approximate surface area is 85.2 Å². The molecule has 0 aromatic rings. The van der Waals surface area contributed by atoms with Crippen molar-refractivity contribution >= 4 is 6.09 Å². The third-order valence-electron chi connectivity index (χ3n) is 1.50. The second-order valence-corrected chi connectivity index (χ2v) is 4.16. The van der Waals surface area contributed by atoms with E-state index < -0.39 is 18.4 Å². The smallest absolute Gasteiger partial charge is 0.410 e. The van der Waals surface area contributed by atoms with Gasteiger partial charge in [-0.25, -0.2) is 9.18 Å². The van der Waals surface area contributed by atoms with Crippen LogP contribution >= 0.6 is 0 Å². The van der Waals surface area contributed by atoms with Gasteiger partial charge >= 0.3 is 6.09 Å². The van der Waals surface area contributed by atoms with Crippen LogP contribution in [0, 0.1) is 0 Å². The summed E-state index contributed by atoms with van der Waals surface area (Å²) in [5.74, 6) is 0. The van der Waals surface area contributed by atoms with Gasteiger partial charge in [0.05, 0.1) is 6.54 Å². The fraction of sp³-hybridized carbons (Fsp3) is 0.900. The predicted octanol–water partition coefficient (Wildman–Crippen LogP) is 2.60. The summed E-state index contributed by atoms with van der Waals surface area (Å²) in [7, 11) is 0. The third kappa shape index (κ3) is 5.78. The summed E-state index contributed by atoms with van der Waals surface area (Å²) >= 11 is 0. The van der Waals surface area contributed by atoms with Gasteiger partial charge in [-0.3, -0.25) is 0 Å². The maximum Gasteiger partial charge on any atom is 0.410 e. The SMILES string of the molecule is CCCN(CCF)C(=O)OC(C)(C)C. The number of hydrogen-bond donors (Lipinski definition) is 0. The molecule has 84 valence electrons. The van der Waals surface area contributed by atoms with E-state index in [1.807, 2.05) is 6.92 Å². The van der Waals surface area contributed by atoms with Crippen LogP contribution in [0.3, 0.4) is 0 Å². The molecule has 0 saturated heterocycles. The second-order valence-electron chi connectivity index (χ2n) is 4.16. The Morgan fingerprint density at radius 3 is 2.29 bits per heavy atom. The van der Waals surface area contributed by atoms with Gasteiger partial charge in [-0.15, -0.1) is 0 Å². The first kappa shape index (κ1) is 13.2. The molecule has 0 bridgehead atoms. The number of nitrogens with zero attached hydrogens (tertiary/aromatic N) is 1. The zero-order valence-corrected chi connectivity index (χ0v) is 9.47. The molecular formula is C10H20FNO2. The second kappa shape index (κ2) is 5.83. The third-order valence-corrected chi connectivity index (χ3v) is 1.50. The number of carbonyl (C=O) groups is 1. The molecule has 0 aliphatic heterocycles. The fourth-order valence-electron chi connectivity index (χ4n) is 0.993. The van der Waals surface area contributed by atoms with Gasteiger partial charge in [0.2, 0.25) is 0 Å². The van der Waals surface area contributed by atoms with Gasteiger partial charge in [0.1, 0.15) is 12.3 Å². The Morgan fingerprint density at radius 2 is 1.93 bits per heavy atom. The molecule has 0 aliphatic carbocycles. The average Bonchev–Trinajstić information content (AvgIpc) is 2.01. The highest BCUT2D eigenvalue weighted by molar-refractivity contribution is 5.68. The summed E-state index contributed by atoms with van der Waals surface area (Å²) in [6.45, 7) is 7.45. The zero-order chi connectivity index (χ0) is 11.2. The Balaban J connectivity index is 4.14. The van der Waals surface area contributed by atoms with E-state index in [1.165, 1.54) is 4.90 Å². The molecule has 0 spiro atoms. The Bertz CT molecular complexity index is 171. The molecule has 0 radical (unpaired) electrons. The van der Waals surface area contributed by atoms with Crippen molar-refractivity contribution in [3.8, 4) is 0 Å². The van der Waals surface area contributed by atoms with Crippen LogP contribution in [0.15, 0.2) is 0 Å². The maximum atomic E-state index is 12.1. The largest absolute Gasteiger partial charge is 0.444 e. The van der Waals surface area contributed by atoms with E-state index in [0.29, 0.717) is 6.54 Å². The number of halogens is 1. The molecule has 3 nitrogen and oxygen atoms in total. The molecule has 4 heteroatoms. The van der Waals surface area contributed by atoms with Gasteiger partial charge in [-0.1, -0.05) is 6.92 Å². The normalized spacial score (nSPS) is 11.2. The van der Waals surface area contributed by atoms with Crippen molar-refractivity contribution in [2.45, 2.75) is 39.7 Å². The molecule has 0 unspecified atom stereocenters. The van der Waals surface area contributed by atoms with Crippen molar-refractivity contribution in [3.05, 3.63) is 0 Å². The number of alkyl halides is 1. The first-order chi connectivity index (χ1) is 6.40. The molecule has 0 heterocycles. The van der Waals surface area contributed by atoms with Crippen molar-refractivity contribution in [1.82, 2.24) is 4.90 Å². The van der Waals surface area contributed by atoms with Crippen molar-refractivity contribution in [1.29, 1.82) is 0 Å². The lowest BCUT2D eigenvalue weighted by molar-refractivity contribution is 0.0239. The van der Waals surface area contributed by atoms with Crippen LogP contribution in [-0.2, 0) is 4.74 Å². The van der Waals surface area contributed by atoms with Crippen LogP contribution in [-0.4, -0.2) is 36.4 Å². The Morgan fingerprint density at radius 1 is 1.36 bits per heavy atom. The maximum absolute atomic E-state index is 12.1. The standard InChI is InChI=1S/C10H20FNO2/c1-5-7-12(8-6-11)9(13)14-10(2,3)4/h5-8H2,1-4H3. The molecule has 0 rings (SSSR count). The molecule has 0 aromatic heterocycles. The van der Waals surface area contributed by atoms with Crippen molar-refractivity contribution in [3.63, 3.8) is 0 Å². The van der Waals surface area contributed by atoms with Crippen molar-refractivity contribution < 1.29 is 13.9 Å². The minimum absolute atomic E-state index is 0.114. The van der Waals surface area contributed by atoms with Crippen LogP contribution in [0.4, 0.5) is 9.18 Å². The van der Waals surface area contributed by atoms with Crippen LogP contribution in [0.1, 0.15) is 34.1 Å². The number of hydrogen-bond acceptors (Lipinski definition) is 2. The van der Waals surface area contributed by atoms with Gasteiger partial charge in [0, 0.05) is 6.54 Å². The van der Waals surface area contributed by atoms with Gasteiger partial charge in [-0.05, 0) is 27.2 Å². The lowest BCUT2D eigenvalue weighted by atomic mass is 10.2. The number of ether oxygens (including phenoxy) is 1. The van der Waals surface area contributed by atoms with E-state index in [-0.39, 0.29) is 6.54 Å². The molecule has 14 heavy (non-hydrogen) atoms. The lowest BCUT2D eigenvalue weighted by Gasteiger charge is -2.26. The molecule has 0 aromatic carbocycles. The zero-order valence-electron chi connectivity index (χ0n) is 9.47. The van der Waals surface area contributed by atoms with Gasteiger partial charge in [0.15, 0.2) is 0 Å². The van der Waals surface area contributed by atoms with Crippen LogP contribution < -0.4 is 0 Å². The highest BCUT2D eigenvalue weighted by Gasteiger charge is 2.20. The Kier molecular flexibility index (Phi) is 5.50. The highest BCUT2D eigenvalue weighted by atomic mass is 19.1. The van der Waals surface area contributed by atoms with E-state index in [4.69, 9.17) is 4.74 Å². The first-order valence-electron chi connectivity index (χ1n) is 4.94. The monoisotopic (exact) mass is 205 g/mol. The molecule has 0 atom stereocenters. The highest BCUT2D eigenvalue weighted by Crippen LogP contribution is 2.10. The minimum Gasteiger partial charge on any atom is -0.444 e. The lowest BCUT2D eigenvalue weighted by Crippen LogP contribution is -2.38. The summed E-state index contributed by atoms with van der Waals surface area (Å²) in [6.07, 6.45) is 0.371. The number of carbonyl (C=O) groups excluding carboxylic acids is 1. The predicted molar refractivity (Wildman–Crippen MR) is 54.1 cm³/mol. The van der Waals surface area contributed by atoms with E-state index in [1.54, 1.807) is 20.8 Å². The Hall–Kier alpha value is -0.800. The van der Waals surface area contributed by atoms with E-state index >= 15 is 0 Å². The van der Waals surface area contributed by atoms with Crippen LogP contribution in [0.25, 0.3) is 0 Å². The van der Waals surface area contributed by atoms with Crippen molar-refractivity contribution in [2.24, 2.45) is 0 Å².